The van der Waals surface area contributed by atoms with E-state index >= 15 is 0 Å². The minimum absolute atomic E-state index is 0.0948. The molecular weight excluding hydrogens is 338 g/mol. The standard InChI is InChI=1S/C19H22ClN3O2/c1-19(2,12-20)16-11-14(23-18(25)22(3)17(24)21-23)9-10-15(16)13-7-5-4-6-8-13/h4-11,14-15H,12H2,1-3H3,(H,21,24)/t14-,15-/m0/s1. The second-order valence-corrected chi connectivity index (χ2v) is 7.30. The van der Waals surface area contributed by atoms with Crippen LogP contribution in [0.25, 0.3) is 0 Å². The van der Waals surface area contributed by atoms with Crippen LogP contribution in [-0.4, -0.2) is 20.2 Å². The lowest BCUT2D eigenvalue weighted by atomic mass is 9.73. The number of halogens is 1. The quantitative estimate of drug-likeness (QED) is 0.674. The first kappa shape index (κ1) is 17.5. The predicted molar refractivity (Wildman–Crippen MR) is 100 cm³/mol. The molecule has 1 aromatic heterocycles. The van der Waals surface area contributed by atoms with Gasteiger partial charge >= 0.3 is 11.4 Å². The van der Waals surface area contributed by atoms with E-state index in [0.717, 1.165) is 10.1 Å². The Balaban J connectivity index is 2.10. The lowest BCUT2D eigenvalue weighted by Crippen LogP contribution is -2.30. The smallest absolute Gasteiger partial charge is 0.246 e. The van der Waals surface area contributed by atoms with Crippen molar-refractivity contribution in [2.45, 2.75) is 25.8 Å². The molecule has 0 spiro atoms. The molecule has 1 aromatic carbocycles. The highest BCUT2D eigenvalue weighted by Gasteiger charge is 2.32. The lowest BCUT2D eigenvalue weighted by Gasteiger charge is -2.34. The zero-order valence-electron chi connectivity index (χ0n) is 14.6. The molecule has 0 saturated carbocycles. The van der Waals surface area contributed by atoms with Gasteiger partial charge in [0.2, 0.25) is 0 Å². The molecule has 2 aromatic rings. The molecule has 0 radical (unpaired) electrons. The highest BCUT2D eigenvalue weighted by atomic mass is 35.5. The number of nitrogens with one attached hydrogen (secondary N) is 1. The number of hydrogen-bond acceptors (Lipinski definition) is 2. The first-order valence-corrected chi connectivity index (χ1v) is 8.77. The van der Waals surface area contributed by atoms with Crippen LogP contribution in [0, 0.1) is 5.41 Å². The molecule has 1 aliphatic rings. The maximum atomic E-state index is 12.3. The van der Waals surface area contributed by atoms with E-state index in [1.165, 1.54) is 17.3 Å². The third-order valence-electron chi connectivity index (χ3n) is 4.77. The SMILES string of the molecule is Cn1c(=O)[nH]n([C@H]2C=C[C@@H](c3ccccc3)C(C(C)(C)CCl)=C2)c1=O. The van der Waals surface area contributed by atoms with E-state index in [2.05, 4.69) is 37.2 Å². The number of aromatic nitrogens is 3. The zero-order valence-corrected chi connectivity index (χ0v) is 15.3. The molecule has 0 saturated heterocycles. The Kier molecular flexibility index (Phi) is 4.60. The van der Waals surface area contributed by atoms with Crippen molar-refractivity contribution >= 4 is 11.6 Å². The van der Waals surface area contributed by atoms with Crippen LogP contribution in [0.4, 0.5) is 0 Å². The van der Waals surface area contributed by atoms with Crippen LogP contribution in [-0.2, 0) is 7.05 Å². The maximum Gasteiger partial charge on any atom is 0.347 e. The number of alkyl halides is 1. The van der Waals surface area contributed by atoms with Crippen LogP contribution in [0.2, 0.25) is 0 Å². The van der Waals surface area contributed by atoms with Crippen molar-refractivity contribution in [3.63, 3.8) is 0 Å². The van der Waals surface area contributed by atoms with E-state index in [1.807, 2.05) is 30.4 Å². The van der Waals surface area contributed by atoms with Crippen molar-refractivity contribution < 1.29 is 0 Å². The van der Waals surface area contributed by atoms with Gasteiger partial charge in [0.25, 0.3) is 0 Å². The zero-order chi connectivity index (χ0) is 18.2. The second-order valence-electron chi connectivity index (χ2n) is 7.03. The molecule has 0 amide bonds. The maximum absolute atomic E-state index is 12.3. The monoisotopic (exact) mass is 359 g/mol. The fourth-order valence-electron chi connectivity index (χ4n) is 3.18. The van der Waals surface area contributed by atoms with Gasteiger partial charge < -0.3 is 0 Å². The molecule has 0 fully saturated rings. The van der Waals surface area contributed by atoms with Gasteiger partial charge in [0.15, 0.2) is 0 Å². The molecule has 1 N–H and O–H groups in total. The minimum Gasteiger partial charge on any atom is -0.246 e. The van der Waals surface area contributed by atoms with Crippen LogP contribution in [0.5, 0.6) is 0 Å². The summed E-state index contributed by atoms with van der Waals surface area (Å²) in [6.45, 7) is 4.18. The number of aromatic amines is 1. The van der Waals surface area contributed by atoms with Crippen molar-refractivity contribution in [3.8, 4) is 0 Å². The van der Waals surface area contributed by atoms with E-state index in [0.29, 0.717) is 5.88 Å². The molecule has 5 nitrogen and oxygen atoms in total. The van der Waals surface area contributed by atoms with E-state index < -0.39 is 5.69 Å². The molecule has 1 aliphatic carbocycles. The van der Waals surface area contributed by atoms with Gasteiger partial charge in [0, 0.05) is 24.3 Å². The first-order chi connectivity index (χ1) is 11.8. The van der Waals surface area contributed by atoms with Crippen LogP contribution >= 0.6 is 11.6 Å². The van der Waals surface area contributed by atoms with Gasteiger partial charge in [-0.2, -0.15) is 0 Å². The van der Waals surface area contributed by atoms with Crippen LogP contribution in [0.15, 0.2) is 63.7 Å². The van der Waals surface area contributed by atoms with Crippen molar-refractivity contribution in [1.29, 1.82) is 0 Å². The molecule has 3 rings (SSSR count). The average molecular weight is 360 g/mol. The number of H-pyrrole nitrogens is 1. The Bertz CT molecular complexity index is 932. The van der Waals surface area contributed by atoms with E-state index in [4.69, 9.17) is 11.6 Å². The molecule has 6 heteroatoms. The number of nitrogens with zero attached hydrogens (tertiary/aromatic N) is 2. The van der Waals surface area contributed by atoms with Crippen molar-refractivity contribution in [2.24, 2.45) is 12.5 Å². The molecule has 0 unspecified atom stereocenters. The van der Waals surface area contributed by atoms with E-state index in [1.54, 1.807) is 0 Å². The van der Waals surface area contributed by atoms with Crippen LogP contribution in [0.3, 0.4) is 0 Å². The first-order valence-electron chi connectivity index (χ1n) is 8.24. The van der Waals surface area contributed by atoms with Gasteiger partial charge in [-0.3, -0.25) is 0 Å². The fraction of sp³-hybridized carbons (Fsp3) is 0.368. The highest BCUT2D eigenvalue weighted by molar-refractivity contribution is 6.18. The third-order valence-corrected chi connectivity index (χ3v) is 5.44. The van der Waals surface area contributed by atoms with Crippen molar-refractivity contribution in [3.05, 3.63) is 80.7 Å². The van der Waals surface area contributed by atoms with E-state index in [-0.39, 0.29) is 23.1 Å². The summed E-state index contributed by atoms with van der Waals surface area (Å²) in [5.74, 6) is 0.556. The van der Waals surface area contributed by atoms with Gasteiger partial charge in [0.1, 0.15) is 0 Å². The van der Waals surface area contributed by atoms with Crippen molar-refractivity contribution in [1.82, 2.24) is 14.3 Å². The molecule has 1 heterocycles. The molecule has 2 atom stereocenters. The predicted octanol–water partition coefficient (Wildman–Crippen LogP) is 2.96. The number of benzene rings is 1. The topological polar surface area (TPSA) is 59.8 Å². The molecule has 25 heavy (non-hydrogen) atoms. The summed E-state index contributed by atoms with van der Waals surface area (Å²) in [5, 5.41) is 2.61. The van der Waals surface area contributed by atoms with Crippen molar-refractivity contribution in [2.75, 3.05) is 5.88 Å². The highest BCUT2D eigenvalue weighted by Crippen LogP contribution is 2.43. The summed E-state index contributed by atoms with van der Waals surface area (Å²) >= 11 is 6.24. The summed E-state index contributed by atoms with van der Waals surface area (Å²) in [7, 11) is 1.46. The Labute approximate surface area is 151 Å². The summed E-state index contributed by atoms with van der Waals surface area (Å²) in [5.41, 5.74) is 1.28. The van der Waals surface area contributed by atoms with Gasteiger partial charge in [-0.15, -0.1) is 11.6 Å². The van der Waals surface area contributed by atoms with Gasteiger partial charge in [0.05, 0.1) is 6.04 Å². The largest absolute Gasteiger partial charge is 0.347 e. The van der Waals surface area contributed by atoms with E-state index in [9.17, 15) is 9.59 Å². The molecular formula is C19H22ClN3O2. The summed E-state index contributed by atoms with van der Waals surface area (Å²) < 4.78 is 2.42. The Morgan fingerprint density at radius 1 is 1.16 bits per heavy atom. The summed E-state index contributed by atoms with van der Waals surface area (Å²) in [4.78, 5) is 24.0. The normalized spacial score (nSPS) is 20.6. The summed E-state index contributed by atoms with van der Waals surface area (Å²) in [6.07, 6.45) is 6.07. The number of hydrogen-bond donors (Lipinski definition) is 1. The Morgan fingerprint density at radius 2 is 1.84 bits per heavy atom. The third kappa shape index (κ3) is 3.16. The van der Waals surface area contributed by atoms with Gasteiger partial charge in [-0.25, -0.2) is 23.9 Å². The average Bonchev–Trinajstić information content (AvgIpc) is 2.89. The Morgan fingerprint density at radius 3 is 2.40 bits per heavy atom. The number of rotatable bonds is 4. The molecule has 0 bridgehead atoms. The summed E-state index contributed by atoms with van der Waals surface area (Å²) in [6, 6.07) is 9.86. The van der Waals surface area contributed by atoms with Gasteiger partial charge in [-0.05, 0) is 5.56 Å². The van der Waals surface area contributed by atoms with Crippen LogP contribution < -0.4 is 11.4 Å². The molecule has 132 valence electrons. The molecule has 0 aliphatic heterocycles. The Hall–Kier alpha value is -2.27. The second kappa shape index (κ2) is 6.56. The van der Waals surface area contributed by atoms with Crippen LogP contribution in [0.1, 0.15) is 31.4 Å². The lowest BCUT2D eigenvalue weighted by molar-refractivity contribution is 0.467. The fourth-order valence-corrected chi connectivity index (χ4v) is 3.34. The minimum atomic E-state index is -0.421. The van der Waals surface area contributed by atoms with Gasteiger partial charge in [-0.1, -0.05) is 68.0 Å². The number of allylic oxidation sites excluding steroid dienone is 4.